The predicted octanol–water partition coefficient (Wildman–Crippen LogP) is 1.86. The van der Waals surface area contributed by atoms with E-state index in [2.05, 4.69) is 23.6 Å². The van der Waals surface area contributed by atoms with Gasteiger partial charge in [-0.15, -0.1) is 0 Å². The number of nitrogens with zero attached hydrogens (tertiary/aromatic N) is 2. The Morgan fingerprint density at radius 2 is 2.22 bits per heavy atom. The molecule has 4 aliphatic heterocycles. The van der Waals surface area contributed by atoms with E-state index in [9.17, 15) is 4.79 Å². The summed E-state index contributed by atoms with van der Waals surface area (Å²) in [5.41, 5.74) is -0.308. The van der Waals surface area contributed by atoms with E-state index >= 15 is 0 Å². The van der Waals surface area contributed by atoms with E-state index in [-0.39, 0.29) is 11.8 Å². The summed E-state index contributed by atoms with van der Waals surface area (Å²) in [5.74, 6) is 1.23. The Morgan fingerprint density at radius 3 is 2.96 bits per heavy atom. The van der Waals surface area contributed by atoms with Gasteiger partial charge in [0, 0.05) is 45.0 Å². The topological polar surface area (TPSA) is 42.0 Å². The lowest BCUT2D eigenvalue weighted by Crippen LogP contribution is -2.65. The largest absolute Gasteiger partial charge is 0.377 e. The first kappa shape index (κ1) is 15.9. The molecule has 1 amide bonds. The molecule has 4 rings (SSSR count). The second-order valence-corrected chi connectivity index (χ2v) is 8.11. The summed E-state index contributed by atoms with van der Waals surface area (Å²) in [4.78, 5) is 17.3. The Hall–Kier alpha value is -0.650. The lowest BCUT2D eigenvalue weighted by molar-refractivity contribution is -0.193. The van der Waals surface area contributed by atoms with Gasteiger partial charge in [-0.2, -0.15) is 0 Å². The third-order valence-corrected chi connectivity index (χ3v) is 6.38. The summed E-state index contributed by atoms with van der Waals surface area (Å²) < 4.78 is 12.2. The van der Waals surface area contributed by atoms with Crippen molar-refractivity contribution in [1.82, 2.24) is 9.80 Å². The molecule has 5 nitrogen and oxygen atoms in total. The van der Waals surface area contributed by atoms with E-state index in [1.54, 1.807) is 0 Å². The second-order valence-electron chi connectivity index (χ2n) is 8.11. The van der Waals surface area contributed by atoms with Crippen LogP contribution in [0.4, 0.5) is 0 Å². The monoisotopic (exact) mass is 322 g/mol. The van der Waals surface area contributed by atoms with Crippen LogP contribution in [0.25, 0.3) is 0 Å². The van der Waals surface area contributed by atoms with Gasteiger partial charge in [-0.05, 0) is 25.2 Å². The van der Waals surface area contributed by atoms with E-state index < -0.39 is 0 Å². The number of ether oxygens (including phenoxy) is 2. The molecular weight excluding hydrogens is 292 g/mol. The molecule has 5 heteroatoms. The van der Waals surface area contributed by atoms with Crippen molar-refractivity contribution in [3.05, 3.63) is 0 Å². The average molecular weight is 322 g/mol. The maximum atomic E-state index is 12.6. The van der Waals surface area contributed by atoms with E-state index in [0.717, 1.165) is 39.1 Å². The van der Waals surface area contributed by atoms with Gasteiger partial charge in [0.15, 0.2) is 0 Å². The van der Waals surface area contributed by atoms with E-state index in [0.29, 0.717) is 36.9 Å². The zero-order valence-electron chi connectivity index (χ0n) is 14.5. The lowest BCUT2D eigenvalue weighted by atomic mass is 9.79. The lowest BCUT2D eigenvalue weighted by Gasteiger charge is -2.53. The van der Waals surface area contributed by atoms with Crippen molar-refractivity contribution in [2.45, 2.75) is 63.8 Å². The fraction of sp³-hybridized carbons (Fsp3) is 0.944. The van der Waals surface area contributed by atoms with Crippen molar-refractivity contribution >= 4 is 5.91 Å². The smallest absolute Gasteiger partial charge is 0.225 e. The minimum atomic E-state index is -0.308. The molecule has 4 saturated heterocycles. The minimum Gasteiger partial charge on any atom is -0.377 e. The predicted molar refractivity (Wildman–Crippen MR) is 86.9 cm³/mol. The standard InChI is InChI=1S/C18H30N2O3/c1-13(2)16-12-23-18-7-8-19(11-15-4-3-9-22-15)10-14(18)5-6-17(21)20(16)18/h13-16H,3-12H2,1-2H3/t14-,15?,16-,18-/m1/s1. The molecule has 4 heterocycles. The van der Waals surface area contributed by atoms with Gasteiger partial charge in [0.1, 0.15) is 5.72 Å². The maximum absolute atomic E-state index is 12.6. The Morgan fingerprint density at radius 1 is 1.35 bits per heavy atom. The van der Waals surface area contributed by atoms with Crippen molar-refractivity contribution in [3.8, 4) is 0 Å². The van der Waals surface area contributed by atoms with Crippen molar-refractivity contribution in [2.75, 3.05) is 32.8 Å². The highest BCUT2D eigenvalue weighted by atomic mass is 16.5. The molecule has 4 atom stereocenters. The molecule has 0 aromatic rings. The van der Waals surface area contributed by atoms with Crippen molar-refractivity contribution in [1.29, 1.82) is 0 Å². The van der Waals surface area contributed by atoms with Crippen LogP contribution in [-0.4, -0.2) is 66.4 Å². The first-order valence-corrected chi connectivity index (χ1v) is 9.40. The van der Waals surface area contributed by atoms with Crippen LogP contribution in [-0.2, 0) is 14.3 Å². The molecule has 130 valence electrons. The fourth-order valence-electron chi connectivity index (χ4n) is 5.09. The molecule has 1 unspecified atom stereocenters. The molecule has 4 aliphatic rings. The summed E-state index contributed by atoms with van der Waals surface area (Å²) in [6.45, 7) is 9.17. The number of hydrogen-bond acceptors (Lipinski definition) is 4. The quantitative estimate of drug-likeness (QED) is 0.795. The minimum absolute atomic E-state index is 0.259. The number of carbonyl (C=O) groups excluding carboxylic acids is 1. The third kappa shape index (κ3) is 2.61. The maximum Gasteiger partial charge on any atom is 0.225 e. The first-order chi connectivity index (χ1) is 11.1. The van der Waals surface area contributed by atoms with Crippen LogP contribution in [0.1, 0.15) is 46.0 Å². The Balaban J connectivity index is 1.49. The van der Waals surface area contributed by atoms with Gasteiger partial charge in [0.25, 0.3) is 0 Å². The number of hydrogen-bond donors (Lipinski definition) is 0. The second kappa shape index (κ2) is 6.01. The highest BCUT2D eigenvalue weighted by molar-refractivity contribution is 5.78. The van der Waals surface area contributed by atoms with Gasteiger partial charge in [-0.3, -0.25) is 4.79 Å². The van der Waals surface area contributed by atoms with E-state index in [1.807, 2.05) is 0 Å². The number of likely N-dealkylation sites (tertiary alicyclic amines) is 1. The van der Waals surface area contributed by atoms with Crippen LogP contribution < -0.4 is 0 Å². The van der Waals surface area contributed by atoms with Crippen molar-refractivity contribution < 1.29 is 14.3 Å². The van der Waals surface area contributed by atoms with Crippen LogP contribution in [0, 0.1) is 11.8 Å². The Kier molecular flexibility index (Phi) is 4.14. The van der Waals surface area contributed by atoms with Gasteiger partial charge < -0.3 is 19.3 Å². The third-order valence-electron chi connectivity index (χ3n) is 6.38. The van der Waals surface area contributed by atoms with Crippen molar-refractivity contribution in [2.24, 2.45) is 11.8 Å². The summed E-state index contributed by atoms with van der Waals surface area (Å²) in [6.07, 6.45) is 5.43. The van der Waals surface area contributed by atoms with E-state index in [4.69, 9.17) is 9.47 Å². The molecule has 0 aliphatic carbocycles. The van der Waals surface area contributed by atoms with E-state index in [1.165, 1.54) is 12.8 Å². The van der Waals surface area contributed by atoms with Gasteiger partial charge in [-0.1, -0.05) is 13.8 Å². The van der Waals surface area contributed by atoms with Crippen LogP contribution in [0.2, 0.25) is 0 Å². The van der Waals surface area contributed by atoms with Crippen molar-refractivity contribution in [3.63, 3.8) is 0 Å². The number of amides is 1. The molecule has 0 aromatic carbocycles. The highest BCUT2D eigenvalue weighted by Gasteiger charge is 2.59. The fourth-order valence-corrected chi connectivity index (χ4v) is 5.09. The molecule has 0 bridgehead atoms. The summed E-state index contributed by atoms with van der Waals surface area (Å²) in [5, 5.41) is 0. The molecule has 23 heavy (non-hydrogen) atoms. The van der Waals surface area contributed by atoms with Gasteiger partial charge in [-0.25, -0.2) is 0 Å². The molecule has 4 fully saturated rings. The first-order valence-electron chi connectivity index (χ1n) is 9.40. The Labute approximate surface area is 139 Å². The number of rotatable bonds is 3. The summed E-state index contributed by atoms with van der Waals surface area (Å²) in [6, 6.07) is 0.259. The highest BCUT2D eigenvalue weighted by Crippen LogP contribution is 2.47. The molecule has 0 radical (unpaired) electrons. The zero-order valence-corrected chi connectivity index (χ0v) is 14.5. The van der Waals surface area contributed by atoms with Crippen LogP contribution >= 0.6 is 0 Å². The number of carbonyl (C=O) groups is 1. The molecular formula is C18H30N2O3. The van der Waals surface area contributed by atoms with Crippen LogP contribution in [0.5, 0.6) is 0 Å². The molecule has 1 spiro atoms. The summed E-state index contributed by atoms with van der Waals surface area (Å²) >= 11 is 0. The molecule has 0 N–H and O–H groups in total. The average Bonchev–Trinajstić information content (AvgIpc) is 3.16. The molecule has 0 saturated carbocycles. The van der Waals surface area contributed by atoms with Gasteiger partial charge >= 0.3 is 0 Å². The van der Waals surface area contributed by atoms with Gasteiger partial charge in [0.05, 0.1) is 18.8 Å². The van der Waals surface area contributed by atoms with Crippen LogP contribution in [0.15, 0.2) is 0 Å². The SMILES string of the molecule is CC(C)[C@H]1CO[C@]23CCN(CC4CCCO4)C[C@H]2CCC(=O)N13. The van der Waals surface area contributed by atoms with Gasteiger partial charge in [0.2, 0.25) is 5.91 Å². The summed E-state index contributed by atoms with van der Waals surface area (Å²) in [7, 11) is 0. The number of piperidine rings is 2. The zero-order chi connectivity index (χ0) is 16.0. The Bertz CT molecular complexity index is 463. The van der Waals surface area contributed by atoms with Crippen LogP contribution in [0.3, 0.4) is 0 Å². The molecule has 0 aromatic heterocycles. The normalized spacial score (nSPS) is 41.4.